The van der Waals surface area contributed by atoms with Crippen LogP contribution in [0.5, 0.6) is 0 Å². The van der Waals surface area contributed by atoms with Gasteiger partial charge in [-0.3, -0.25) is 0 Å². The summed E-state index contributed by atoms with van der Waals surface area (Å²) in [6.07, 6.45) is 8.57. The van der Waals surface area contributed by atoms with Gasteiger partial charge in [0.25, 0.3) is 0 Å². The molecule has 0 bridgehead atoms. The van der Waals surface area contributed by atoms with E-state index in [2.05, 4.69) is 34.6 Å². The van der Waals surface area contributed by atoms with Crippen molar-refractivity contribution in [2.75, 3.05) is 0 Å². The standard InChI is InChI=1S/C19H38O2/c1-14(2)17(20)10-12-19(4,5)13-11-18(21)16-8-6-15(3)7-9-16/h14-18,20-21H,6-13H2,1-5H3. The number of hydrogen-bond acceptors (Lipinski definition) is 2. The summed E-state index contributed by atoms with van der Waals surface area (Å²) in [6, 6.07) is 0. The zero-order chi connectivity index (χ0) is 16.0. The van der Waals surface area contributed by atoms with E-state index in [4.69, 9.17) is 0 Å². The lowest BCUT2D eigenvalue weighted by molar-refractivity contribution is 0.0523. The molecule has 2 N–H and O–H groups in total. The Morgan fingerprint density at radius 1 is 0.952 bits per heavy atom. The molecule has 0 aliphatic heterocycles. The van der Waals surface area contributed by atoms with E-state index in [1.54, 1.807) is 0 Å². The Labute approximate surface area is 132 Å². The summed E-state index contributed by atoms with van der Waals surface area (Å²) in [6.45, 7) is 11.0. The van der Waals surface area contributed by atoms with Crippen molar-refractivity contribution in [1.82, 2.24) is 0 Å². The Morgan fingerprint density at radius 3 is 2.00 bits per heavy atom. The third-order valence-electron chi connectivity index (χ3n) is 5.61. The lowest BCUT2D eigenvalue weighted by Crippen LogP contribution is -2.27. The number of rotatable bonds is 8. The molecule has 0 amide bonds. The van der Waals surface area contributed by atoms with Crippen molar-refractivity contribution >= 4 is 0 Å². The molecule has 0 aromatic carbocycles. The van der Waals surface area contributed by atoms with Crippen LogP contribution in [-0.2, 0) is 0 Å². The topological polar surface area (TPSA) is 40.5 Å². The Bertz CT molecular complexity index is 277. The summed E-state index contributed by atoms with van der Waals surface area (Å²) in [5.74, 6) is 1.72. The van der Waals surface area contributed by atoms with E-state index in [9.17, 15) is 10.2 Å². The van der Waals surface area contributed by atoms with Crippen LogP contribution < -0.4 is 0 Å². The summed E-state index contributed by atoms with van der Waals surface area (Å²) in [4.78, 5) is 0. The number of aliphatic hydroxyl groups is 2. The van der Waals surface area contributed by atoms with Gasteiger partial charge in [-0.2, -0.15) is 0 Å². The predicted molar refractivity (Wildman–Crippen MR) is 90.2 cm³/mol. The normalized spacial score (nSPS) is 26.9. The lowest BCUT2D eigenvalue weighted by Gasteiger charge is -2.32. The summed E-state index contributed by atoms with van der Waals surface area (Å²) in [7, 11) is 0. The first-order valence-corrected chi connectivity index (χ1v) is 9.07. The van der Waals surface area contributed by atoms with Gasteiger partial charge in [0.1, 0.15) is 0 Å². The summed E-state index contributed by atoms with van der Waals surface area (Å²) in [5.41, 5.74) is 0.221. The SMILES string of the molecule is CC1CCC(C(O)CCC(C)(C)CCC(O)C(C)C)CC1. The second-order valence-corrected chi connectivity index (χ2v) is 8.64. The minimum atomic E-state index is -0.186. The van der Waals surface area contributed by atoms with E-state index >= 15 is 0 Å². The fourth-order valence-corrected chi connectivity index (χ4v) is 3.44. The van der Waals surface area contributed by atoms with Gasteiger partial charge in [0, 0.05) is 0 Å². The zero-order valence-corrected chi connectivity index (χ0v) is 14.9. The molecule has 2 unspecified atom stereocenters. The first kappa shape index (κ1) is 19.0. The van der Waals surface area contributed by atoms with Crippen molar-refractivity contribution in [1.29, 1.82) is 0 Å². The molecular formula is C19H38O2. The first-order chi connectivity index (χ1) is 9.71. The van der Waals surface area contributed by atoms with Crippen LogP contribution in [0.15, 0.2) is 0 Å². The Kier molecular flexibility index (Phi) is 7.70. The highest BCUT2D eigenvalue weighted by Gasteiger charge is 2.27. The Hall–Kier alpha value is -0.0800. The summed E-state index contributed by atoms with van der Waals surface area (Å²) < 4.78 is 0. The third-order valence-corrected chi connectivity index (χ3v) is 5.61. The van der Waals surface area contributed by atoms with E-state index in [0.29, 0.717) is 11.8 Å². The minimum absolute atomic E-state index is 0.119. The second-order valence-electron chi connectivity index (χ2n) is 8.64. The van der Waals surface area contributed by atoms with Gasteiger partial charge < -0.3 is 10.2 Å². The average Bonchev–Trinajstić information content (AvgIpc) is 2.43. The molecule has 2 atom stereocenters. The fourth-order valence-electron chi connectivity index (χ4n) is 3.44. The molecule has 0 aromatic heterocycles. The van der Waals surface area contributed by atoms with Crippen LogP contribution in [0.4, 0.5) is 0 Å². The van der Waals surface area contributed by atoms with Crippen LogP contribution in [-0.4, -0.2) is 22.4 Å². The van der Waals surface area contributed by atoms with Gasteiger partial charge in [-0.15, -0.1) is 0 Å². The number of aliphatic hydroxyl groups excluding tert-OH is 2. The smallest absolute Gasteiger partial charge is 0.0568 e. The maximum Gasteiger partial charge on any atom is 0.0568 e. The van der Waals surface area contributed by atoms with Crippen molar-refractivity contribution in [3.05, 3.63) is 0 Å². The Morgan fingerprint density at radius 2 is 1.48 bits per heavy atom. The highest BCUT2D eigenvalue weighted by molar-refractivity contribution is 4.79. The van der Waals surface area contributed by atoms with Crippen LogP contribution >= 0.6 is 0 Å². The van der Waals surface area contributed by atoms with Crippen molar-refractivity contribution in [3.63, 3.8) is 0 Å². The highest BCUT2D eigenvalue weighted by atomic mass is 16.3. The third kappa shape index (κ3) is 7.15. The molecule has 0 aromatic rings. The fraction of sp³-hybridized carbons (Fsp3) is 1.00. The molecule has 0 heterocycles. The van der Waals surface area contributed by atoms with Gasteiger partial charge in [-0.05, 0) is 61.7 Å². The molecule has 2 heteroatoms. The molecule has 126 valence electrons. The highest BCUT2D eigenvalue weighted by Crippen LogP contribution is 2.35. The monoisotopic (exact) mass is 298 g/mol. The van der Waals surface area contributed by atoms with Crippen molar-refractivity contribution in [3.8, 4) is 0 Å². The van der Waals surface area contributed by atoms with Crippen LogP contribution in [0.3, 0.4) is 0 Å². The van der Waals surface area contributed by atoms with Crippen molar-refractivity contribution < 1.29 is 10.2 Å². The predicted octanol–water partition coefficient (Wildman–Crippen LogP) is 4.78. The summed E-state index contributed by atoms with van der Waals surface area (Å²) in [5, 5.41) is 20.4. The van der Waals surface area contributed by atoms with Crippen molar-refractivity contribution in [2.45, 2.75) is 98.2 Å². The first-order valence-electron chi connectivity index (χ1n) is 9.07. The van der Waals surface area contributed by atoms with E-state index in [1.807, 2.05) is 0 Å². The average molecular weight is 299 g/mol. The van der Waals surface area contributed by atoms with Gasteiger partial charge in [0.05, 0.1) is 12.2 Å². The molecule has 0 radical (unpaired) electrons. The maximum absolute atomic E-state index is 10.4. The van der Waals surface area contributed by atoms with Gasteiger partial charge in [0.2, 0.25) is 0 Å². The van der Waals surface area contributed by atoms with Crippen molar-refractivity contribution in [2.24, 2.45) is 23.2 Å². The molecule has 0 spiro atoms. The van der Waals surface area contributed by atoms with E-state index in [0.717, 1.165) is 31.6 Å². The van der Waals surface area contributed by atoms with Crippen LogP contribution in [0.1, 0.15) is 86.0 Å². The molecule has 21 heavy (non-hydrogen) atoms. The molecule has 2 nitrogen and oxygen atoms in total. The quantitative estimate of drug-likeness (QED) is 0.677. The van der Waals surface area contributed by atoms with E-state index in [-0.39, 0.29) is 17.6 Å². The largest absolute Gasteiger partial charge is 0.393 e. The molecular weight excluding hydrogens is 260 g/mol. The number of hydrogen-bond donors (Lipinski definition) is 2. The summed E-state index contributed by atoms with van der Waals surface area (Å²) >= 11 is 0. The van der Waals surface area contributed by atoms with Gasteiger partial charge >= 0.3 is 0 Å². The Balaban J connectivity index is 2.28. The minimum Gasteiger partial charge on any atom is -0.393 e. The molecule has 1 aliphatic rings. The molecule has 1 rings (SSSR count). The van der Waals surface area contributed by atoms with E-state index in [1.165, 1.54) is 25.7 Å². The molecule has 1 saturated carbocycles. The zero-order valence-electron chi connectivity index (χ0n) is 14.9. The van der Waals surface area contributed by atoms with E-state index < -0.39 is 0 Å². The molecule has 0 saturated heterocycles. The second kappa shape index (κ2) is 8.53. The lowest BCUT2D eigenvalue weighted by atomic mass is 9.76. The molecule has 1 fully saturated rings. The van der Waals surface area contributed by atoms with Crippen LogP contribution in [0.25, 0.3) is 0 Å². The maximum atomic E-state index is 10.4. The van der Waals surface area contributed by atoms with Crippen LogP contribution in [0, 0.1) is 23.2 Å². The van der Waals surface area contributed by atoms with Gasteiger partial charge in [-0.1, -0.05) is 47.5 Å². The van der Waals surface area contributed by atoms with Crippen LogP contribution in [0.2, 0.25) is 0 Å². The molecule has 1 aliphatic carbocycles. The van der Waals surface area contributed by atoms with Gasteiger partial charge in [-0.25, -0.2) is 0 Å². The van der Waals surface area contributed by atoms with Gasteiger partial charge in [0.15, 0.2) is 0 Å².